The number of nitrogens with one attached hydrogen (secondary N) is 2. The molecule has 112 valence electrons. The maximum atomic E-state index is 11.8. The Balaban J connectivity index is 1.57. The minimum Gasteiger partial charge on any atom is -0.487 e. The van der Waals surface area contributed by atoms with Crippen LogP contribution in [0.2, 0.25) is 0 Å². The summed E-state index contributed by atoms with van der Waals surface area (Å²) in [5, 5.41) is 6.20. The molecule has 0 spiro atoms. The van der Waals surface area contributed by atoms with Gasteiger partial charge in [0.15, 0.2) is 0 Å². The van der Waals surface area contributed by atoms with Crippen molar-refractivity contribution < 1.29 is 9.53 Å². The molecule has 1 aromatic heterocycles. The summed E-state index contributed by atoms with van der Waals surface area (Å²) in [6.07, 6.45) is 9.71. The third-order valence-electron chi connectivity index (χ3n) is 3.96. The van der Waals surface area contributed by atoms with E-state index in [0.29, 0.717) is 6.54 Å². The Morgan fingerprint density at radius 2 is 2.43 bits per heavy atom. The molecule has 1 amide bonds. The molecule has 1 saturated carbocycles. The van der Waals surface area contributed by atoms with Gasteiger partial charge in [-0.15, -0.1) is 0 Å². The summed E-state index contributed by atoms with van der Waals surface area (Å²) in [5.74, 6) is 0.748. The molecule has 2 heterocycles. The minimum absolute atomic E-state index is 0.0185. The third-order valence-corrected chi connectivity index (χ3v) is 3.96. The topological polar surface area (TPSA) is 63.2 Å². The minimum atomic E-state index is -0.0185. The van der Waals surface area contributed by atoms with E-state index in [0.717, 1.165) is 43.7 Å². The van der Waals surface area contributed by atoms with E-state index in [9.17, 15) is 4.79 Å². The van der Waals surface area contributed by atoms with Gasteiger partial charge in [-0.05, 0) is 38.3 Å². The molecule has 2 fully saturated rings. The number of rotatable bonds is 5. The van der Waals surface area contributed by atoms with Crippen LogP contribution in [-0.4, -0.2) is 30.1 Å². The van der Waals surface area contributed by atoms with Crippen molar-refractivity contribution in [2.45, 2.75) is 38.3 Å². The molecule has 1 aliphatic carbocycles. The van der Waals surface area contributed by atoms with Gasteiger partial charge in [-0.3, -0.25) is 9.78 Å². The average molecular weight is 287 g/mol. The number of hydrogen-bond donors (Lipinski definition) is 2. The van der Waals surface area contributed by atoms with E-state index in [1.807, 2.05) is 6.07 Å². The highest BCUT2D eigenvalue weighted by atomic mass is 16.5. The Hall–Kier alpha value is -1.88. The van der Waals surface area contributed by atoms with Gasteiger partial charge in [-0.1, -0.05) is 5.57 Å². The van der Waals surface area contributed by atoms with E-state index in [-0.39, 0.29) is 12.0 Å². The molecule has 2 N–H and O–H groups in total. The number of carbonyl (C=O) groups excluding carboxylic acids is 1. The van der Waals surface area contributed by atoms with E-state index < -0.39 is 0 Å². The van der Waals surface area contributed by atoms with Gasteiger partial charge in [0.2, 0.25) is 5.91 Å². The van der Waals surface area contributed by atoms with Crippen molar-refractivity contribution in [3.05, 3.63) is 35.7 Å². The average Bonchev–Trinajstić information content (AvgIpc) is 2.95. The molecule has 5 heteroatoms. The van der Waals surface area contributed by atoms with Crippen molar-refractivity contribution in [3.63, 3.8) is 0 Å². The summed E-state index contributed by atoms with van der Waals surface area (Å²) < 4.78 is 5.96. The molecule has 3 rings (SSSR count). The van der Waals surface area contributed by atoms with Gasteiger partial charge in [0.05, 0.1) is 6.20 Å². The van der Waals surface area contributed by atoms with Gasteiger partial charge in [0, 0.05) is 30.9 Å². The fourth-order valence-electron chi connectivity index (χ4n) is 2.51. The normalized spacial score (nSPS) is 20.8. The van der Waals surface area contributed by atoms with Crippen molar-refractivity contribution in [2.24, 2.45) is 0 Å². The molecule has 0 aromatic carbocycles. The SMILES string of the molecule is O=C(C=C1CCC1)NCc1ccncc1O[C@H]1CCNC1. The molecule has 1 aliphatic heterocycles. The van der Waals surface area contributed by atoms with Crippen molar-refractivity contribution in [3.8, 4) is 5.75 Å². The molecule has 2 aliphatic rings. The zero-order chi connectivity index (χ0) is 14.5. The standard InChI is InChI=1S/C16H21N3O2/c20-16(8-12-2-1-3-12)19-9-13-4-6-18-11-15(13)21-14-5-7-17-10-14/h4,6,8,11,14,17H,1-3,5,7,9-10H2,(H,19,20)/t14-/m0/s1. The first-order valence-electron chi connectivity index (χ1n) is 7.59. The predicted molar refractivity (Wildman–Crippen MR) is 79.9 cm³/mol. The molecule has 0 unspecified atom stereocenters. The Bertz CT molecular complexity index is 530. The first-order chi connectivity index (χ1) is 10.3. The van der Waals surface area contributed by atoms with Crippen LogP contribution >= 0.6 is 0 Å². The van der Waals surface area contributed by atoms with Crippen LogP contribution in [0.3, 0.4) is 0 Å². The van der Waals surface area contributed by atoms with Crippen molar-refractivity contribution in [2.75, 3.05) is 13.1 Å². The number of aromatic nitrogens is 1. The maximum Gasteiger partial charge on any atom is 0.244 e. The highest BCUT2D eigenvalue weighted by Crippen LogP contribution is 2.24. The van der Waals surface area contributed by atoms with E-state index in [1.54, 1.807) is 18.5 Å². The third kappa shape index (κ3) is 3.82. The lowest BCUT2D eigenvalue weighted by atomic mass is 9.92. The summed E-state index contributed by atoms with van der Waals surface area (Å²) in [7, 11) is 0. The molecule has 1 aromatic rings. The van der Waals surface area contributed by atoms with Gasteiger partial charge in [-0.2, -0.15) is 0 Å². The summed E-state index contributed by atoms with van der Waals surface area (Å²) in [6, 6.07) is 1.90. The maximum absolute atomic E-state index is 11.8. The molecule has 1 atom stereocenters. The van der Waals surface area contributed by atoms with Gasteiger partial charge in [0.1, 0.15) is 11.9 Å². The number of amides is 1. The molecular formula is C16H21N3O2. The van der Waals surface area contributed by atoms with E-state index in [4.69, 9.17) is 4.74 Å². The highest BCUT2D eigenvalue weighted by molar-refractivity contribution is 5.88. The number of nitrogens with zero attached hydrogens (tertiary/aromatic N) is 1. The Kier molecular flexibility index (Phi) is 4.50. The number of hydrogen-bond acceptors (Lipinski definition) is 4. The Morgan fingerprint density at radius 1 is 1.52 bits per heavy atom. The zero-order valence-electron chi connectivity index (χ0n) is 12.1. The molecular weight excluding hydrogens is 266 g/mol. The second kappa shape index (κ2) is 6.72. The van der Waals surface area contributed by atoms with Gasteiger partial charge in [-0.25, -0.2) is 0 Å². The second-order valence-corrected chi connectivity index (χ2v) is 5.59. The number of carbonyl (C=O) groups is 1. The van der Waals surface area contributed by atoms with Crippen LogP contribution in [0.25, 0.3) is 0 Å². The van der Waals surface area contributed by atoms with Crippen LogP contribution in [0.4, 0.5) is 0 Å². The number of allylic oxidation sites excluding steroid dienone is 1. The van der Waals surface area contributed by atoms with Crippen molar-refractivity contribution >= 4 is 5.91 Å². The lowest BCUT2D eigenvalue weighted by Crippen LogP contribution is -2.24. The molecule has 5 nitrogen and oxygen atoms in total. The van der Waals surface area contributed by atoms with E-state index in [2.05, 4.69) is 15.6 Å². The molecule has 0 radical (unpaired) electrons. The monoisotopic (exact) mass is 287 g/mol. The first-order valence-corrected chi connectivity index (χ1v) is 7.59. The largest absolute Gasteiger partial charge is 0.487 e. The van der Waals surface area contributed by atoms with Crippen LogP contribution in [0, 0.1) is 0 Å². The smallest absolute Gasteiger partial charge is 0.244 e. The fourth-order valence-corrected chi connectivity index (χ4v) is 2.51. The molecule has 1 saturated heterocycles. The van der Waals surface area contributed by atoms with Crippen LogP contribution in [-0.2, 0) is 11.3 Å². The van der Waals surface area contributed by atoms with Crippen molar-refractivity contribution in [1.29, 1.82) is 0 Å². The summed E-state index contributed by atoms with van der Waals surface area (Å²) in [4.78, 5) is 15.9. The zero-order valence-corrected chi connectivity index (χ0v) is 12.1. The quantitative estimate of drug-likeness (QED) is 0.807. The van der Waals surface area contributed by atoms with E-state index in [1.165, 1.54) is 12.0 Å². The lowest BCUT2D eigenvalue weighted by molar-refractivity contribution is -0.116. The van der Waals surface area contributed by atoms with Crippen LogP contribution in [0.15, 0.2) is 30.1 Å². The highest BCUT2D eigenvalue weighted by Gasteiger charge is 2.17. The van der Waals surface area contributed by atoms with E-state index >= 15 is 0 Å². The second-order valence-electron chi connectivity index (χ2n) is 5.59. The number of pyridine rings is 1. The fraction of sp³-hybridized carbons (Fsp3) is 0.500. The lowest BCUT2D eigenvalue weighted by Gasteiger charge is -2.17. The first kappa shape index (κ1) is 14.1. The van der Waals surface area contributed by atoms with Gasteiger partial charge < -0.3 is 15.4 Å². The summed E-state index contributed by atoms with van der Waals surface area (Å²) >= 11 is 0. The van der Waals surface area contributed by atoms with Crippen LogP contribution in [0.5, 0.6) is 5.75 Å². The molecule has 0 bridgehead atoms. The Morgan fingerprint density at radius 3 is 3.14 bits per heavy atom. The van der Waals surface area contributed by atoms with Crippen LogP contribution in [0.1, 0.15) is 31.2 Å². The van der Waals surface area contributed by atoms with Gasteiger partial charge in [0.25, 0.3) is 0 Å². The van der Waals surface area contributed by atoms with Gasteiger partial charge >= 0.3 is 0 Å². The molecule has 21 heavy (non-hydrogen) atoms. The predicted octanol–water partition coefficient (Wildman–Crippen LogP) is 1.55. The van der Waals surface area contributed by atoms with Crippen LogP contribution < -0.4 is 15.4 Å². The summed E-state index contributed by atoms with van der Waals surface area (Å²) in [5.41, 5.74) is 2.22. The van der Waals surface area contributed by atoms with Crippen molar-refractivity contribution in [1.82, 2.24) is 15.6 Å². The number of ether oxygens (including phenoxy) is 1. The Labute approximate surface area is 124 Å². The summed E-state index contributed by atoms with van der Waals surface area (Å²) in [6.45, 7) is 2.33.